The lowest BCUT2D eigenvalue weighted by Gasteiger charge is -2.12. The maximum absolute atomic E-state index is 11.2. The zero-order valence-electron chi connectivity index (χ0n) is 12.0. The Hall–Kier alpha value is -2.38. The molecule has 22 heavy (non-hydrogen) atoms. The third kappa shape index (κ3) is 3.26. The molecule has 8 heteroatoms. The predicted octanol–water partition coefficient (Wildman–Crippen LogP) is 2.37. The Kier molecular flexibility index (Phi) is 4.79. The number of rotatable bonds is 5. The van der Waals surface area contributed by atoms with Gasteiger partial charge < -0.3 is 20.3 Å². The number of hydrogen-bond donors (Lipinski definition) is 2. The van der Waals surface area contributed by atoms with Crippen LogP contribution in [0.5, 0.6) is 5.75 Å². The van der Waals surface area contributed by atoms with E-state index in [4.69, 9.17) is 31.9 Å². The highest BCUT2D eigenvalue weighted by Gasteiger charge is 2.19. The van der Waals surface area contributed by atoms with Crippen LogP contribution in [-0.4, -0.2) is 34.9 Å². The SMILES string of the molecule is COCOc1ccc(C)c(-c2nc(Cl)nc(C(=O)O)c2N)c1. The lowest BCUT2D eigenvalue weighted by Crippen LogP contribution is -2.09. The van der Waals surface area contributed by atoms with Gasteiger partial charge in [0.1, 0.15) is 5.75 Å². The molecule has 0 amide bonds. The van der Waals surface area contributed by atoms with Gasteiger partial charge in [0.2, 0.25) is 5.28 Å². The Morgan fingerprint density at radius 2 is 2.14 bits per heavy atom. The van der Waals surface area contributed by atoms with Crippen molar-refractivity contribution in [3.8, 4) is 17.0 Å². The Bertz CT molecular complexity index is 721. The van der Waals surface area contributed by atoms with Gasteiger partial charge >= 0.3 is 5.97 Å². The molecule has 0 bridgehead atoms. The van der Waals surface area contributed by atoms with Crippen LogP contribution in [0, 0.1) is 6.92 Å². The molecule has 116 valence electrons. The molecule has 0 saturated heterocycles. The smallest absolute Gasteiger partial charge is 0.356 e. The van der Waals surface area contributed by atoms with Crippen LogP contribution in [0.1, 0.15) is 16.1 Å². The number of carboxylic acid groups (broad SMARTS) is 1. The van der Waals surface area contributed by atoms with Crippen molar-refractivity contribution >= 4 is 23.3 Å². The molecule has 2 rings (SSSR count). The minimum Gasteiger partial charge on any atom is -0.476 e. The fourth-order valence-corrected chi connectivity index (χ4v) is 2.05. The molecule has 1 heterocycles. The van der Waals surface area contributed by atoms with Crippen molar-refractivity contribution in [3.05, 3.63) is 34.7 Å². The second-order valence-electron chi connectivity index (χ2n) is 4.44. The minimum absolute atomic E-state index is 0.0520. The van der Waals surface area contributed by atoms with Gasteiger partial charge in [-0.1, -0.05) is 6.07 Å². The monoisotopic (exact) mass is 323 g/mol. The average Bonchev–Trinajstić information content (AvgIpc) is 2.48. The fraction of sp³-hybridized carbons (Fsp3) is 0.214. The number of nitrogens with zero attached hydrogens (tertiary/aromatic N) is 2. The summed E-state index contributed by atoms with van der Waals surface area (Å²) in [5, 5.41) is 8.94. The summed E-state index contributed by atoms with van der Waals surface area (Å²) in [5.74, 6) is -0.735. The first-order valence-electron chi connectivity index (χ1n) is 6.23. The number of benzene rings is 1. The first-order valence-corrected chi connectivity index (χ1v) is 6.61. The quantitative estimate of drug-likeness (QED) is 0.642. The second-order valence-corrected chi connectivity index (χ2v) is 4.77. The summed E-state index contributed by atoms with van der Waals surface area (Å²) in [6, 6.07) is 5.25. The fourth-order valence-electron chi connectivity index (χ4n) is 1.88. The number of methoxy groups -OCH3 is 1. The third-order valence-corrected chi connectivity index (χ3v) is 3.10. The second kappa shape index (κ2) is 6.59. The number of aromatic carboxylic acids is 1. The van der Waals surface area contributed by atoms with Gasteiger partial charge in [0.25, 0.3) is 0 Å². The summed E-state index contributed by atoms with van der Waals surface area (Å²) in [6.07, 6.45) is 0. The summed E-state index contributed by atoms with van der Waals surface area (Å²) < 4.78 is 10.2. The van der Waals surface area contributed by atoms with Crippen molar-refractivity contribution in [2.24, 2.45) is 0 Å². The molecule has 0 atom stereocenters. The first kappa shape index (κ1) is 16.0. The third-order valence-electron chi connectivity index (χ3n) is 2.93. The highest BCUT2D eigenvalue weighted by Crippen LogP contribution is 2.32. The van der Waals surface area contributed by atoms with Gasteiger partial charge in [-0.25, -0.2) is 14.8 Å². The molecule has 0 aliphatic rings. The Morgan fingerprint density at radius 1 is 1.41 bits per heavy atom. The van der Waals surface area contributed by atoms with Crippen LogP contribution < -0.4 is 10.5 Å². The number of ether oxygens (including phenoxy) is 2. The van der Waals surface area contributed by atoms with E-state index in [-0.39, 0.29) is 29.2 Å². The van der Waals surface area contributed by atoms with Crippen molar-refractivity contribution in [2.75, 3.05) is 19.6 Å². The van der Waals surface area contributed by atoms with Crippen molar-refractivity contribution in [3.63, 3.8) is 0 Å². The van der Waals surface area contributed by atoms with Crippen LogP contribution >= 0.6 is 11.6 Å². The Morgan fingerprint density at radius 3 is 2.77 bits per heavy atom. The first-order chi connectivity index (χ1) is 10.4. The predicted molar refractivity (Wildman–Crippen MR) is 81.1 cm³/mol. The summed E-state index contributed by atoms with van der Waals surface area (Å²) in [4.78, 5) is 18.9. The molecule has 7 nitrogen and oxygen atoms in total. The van der Waals surface area contributed by atoms with E-state index in [9.17, 15) is 4.79 Å². The average molecular weight is 324 g/mol. The number of aryl methyl sites for hydroxylation is 1. The summed E-state index contributed by atoms with van der Waals surface area (Å²) in [5.41, 5.74) is 7.18. The molecule has 0 saturated carbocycles. The largest absolute Gasteiger partial charge is 0.476 e. The standard InChI is InChI=1S/C14H14ClN3O4/c1-7-3-4-8(22-6-21-2)5-9(7)11-10(16)12(13(19)20)18-14(15)17-11/h3-5H,6,16H2,1-2H3,(H,19,20). The van der Waals surface area contributed by atoms with E-state index in [1.54, 1.807) is 18.2 Å². The van der Waals surface area contributed by atoms with Crippen LogP contribution in [0.4, 0.5) is 5.69 Å². The number of carboxylic acids is 1. The summed E-state index contributed by atoms with van der Waals surface area (Å²) in [7, 11) is 1.51. The van der Waals surface area contributed by atoms with E-state index in [2.05, 4.69) is 9.97 Å². The molecule has 0 unspecified atom stereocenters. The van der Waals surface area contributed by atoms with Gasteiger partial charge in [0, 0.05) is 12.7 Å². The van der Waals surface area contributed by atoms with Gasteiger partial charge in [-0.05, 0) is 36.2 Å². The number of nitrogen functional groups attached to an aromatic ring is 1. The van der Waals surface area contributed by atoms with E-state index in [0.29, 0.717) is 11.3 Å². The molecular weight excluding hydrogens is 310 g/mol. The number of anilines is 1. The van der Waals surface area contributed by atoms with E-state index >= 15 is 0 Å². The van der Waals surface area contributed by atoms with E-state index in [1.165, 1.54) is 7.11 Å². The van der Waals surface area contributed by atoms with Crippen LogP contribution in [-0.2, 0) is 4.74 Å². The maximum Gasteiger partial charge on any atom is 0.356 e. The Balaban J connectivity index is 2.58. The van der Waals surface area contributed by atoms with E-state index < -0.39 is 5.97 Å². The van der Waals surface area contributed by atoms with Gasteiger partial charge in [0.05, 0.1) is 11.4 Å². The molecule has 0 fully saturated rings. The molecular formula is C14H14ClN3O4. The number of halogens is 1. The van der Waals surface area contributed by atoms with Crippen LogP contribution in [0.2, 0.25) is 5.28 Å². The zero-order chi connectivity index (χ0) is 16.3. The van der Waals surface area contributed by atoms with Gasteiger partial charge in [-0.2, -0.15) is 0 Å². The van der Waals surface area contributed by atoms with Crippen molar-refractivity contribution < 1.29 is 19.4 Å². The van der Waals surface area contributed by atoms with E-state index in [0.717, 1.165) is 5.56 Å². The van der Waals surface area contributed by atoms with E-state index in [1.807, 2.05) is 6.92 Å². The van der Waals surface area contributed by atoms with Crippen molar-refractivity contribution in [2.45, 2.75) is 6.92 Å². The van der Waals surface area contributed by atoms with Gasteiger partial charge in [-0.15, -0.1) is 0 Å². The van der Waals surface area contributed by atoms with Crippen LogP contribution in [0.15, 0.2) is 18.2 Å². The lowest BCUT2D eigenvalue weighted by molar-refractivity contribution is 0.0511. The molecule has 1 aromatic carbocycles. The number of aromatic nitrogens is 2. The topological polar surface area (TPSA) is 108 Å². The maximum atomic E-state index is 11.2. The number of nitrogens with two attached hydrogens (primary N) is 1. The van der Waals surface area contributed by atoms with Gasteiger partial charge in [0.15, 0.2) is 12.5 Å². The molecule has 0 aliphatic carbocycles. The summed E-state index contributed by atoms with van der Waals surface area (Å²) >= 11 is 5.80. The van der Waals surface area contributed by atoms with Crippen molar-refractivity contribution in [1.82, 2.24) is 9.97 Å². The number of hydrogen-bond acceptors (Lipinski definition) is 6. The molecule has 3 N–H and O–H groups in total. The normalized spacial score (nSPS) is 10.5. The summed E-state index contributed by atoms with van der Waals surface area (Å²) in [6.45, 7) is 1.92. The number of carbonyl (C=O) groups is 1. The molecule has 0 radical (unpaired) electrons. The molecule has 1 aromatic heterocycles. The minimum atomic E-state index is -1.27. The van der Waals surface area contributed by atoms with Gasteiger partial charge in [-0.3, -0.25) is 0 Å². The molecule has 2 aromatic rings. The molecule has 0 aliphatic heterocycles. The Labute approximate surface area is 131 Å². The highest BCUT2D eigenvalue weighted by molar-refractivity contribution is 6.28. The van der Waals surface area contributed by atoms with Crippen molar-refractivity contribution in [1.29, 1.82) is 0 Å². The van der Waals surface area contributed by atoms with Crippen LogP contribution in [0.3, 0.4) is 0 Å². The highest BCUT2D eigenvalue weighted by atomic mass is 35.5. The molecule has 0 spiro atoms. The lowest BCUT2D eigenvalue weighted by atomic mass is 10.0. The van der Waals surface area contributed by atoms with Crippen LogP contribution in [0.25, 0.3) is 11.3 Å². The zero-order valence-corrected chi connectivity index (χ0v) is 12.7.